The van der Waals surface area contributed by atoms with Gasteiger partial charge in [-0.1, -0.05) is 0 Å². The van der Waals surface area contributed by atoms with E-state index < -0.39 is 0 Å². The Labute approximate surface area is 119 Å². The Morgan fingerprint density at radius 1 is 1.20 bits per heavy atom. The Morgan fingerprint density at radius 2 is 1.85 bits per heavy atom. The first-order valence-electron chi connectivity index (χ1n) is 6.94. The van der Waals surface area contributed by atoms with Crippen molar-refractivity contribution in [3.63, 3.8) is 0 Å². The van der Waals surface area contributed by atoms with Crippen molar-refractivity contribution in [2.45, 2.75) is 26.2 Å². The molecule has 0 aromatic heterocycles. The number of benzene rings is 1. The number of hydrogen-bond donors (Lipinski definition) is 1. The summed E-state index contributed by atoms with van der Waals surface area (Å²) in [4.78, 5) is 13.8. The molecule has 1 heterocycles. The zero-order valence-corrected chi connectivity index (χ0v) is 12.1. The topological polar surface area (TPSA) is 53.9 Å². The van der Waals surface area contributed by atoms with Crippen molar-refractivity contribution in [1.29, 1.82) is 0 Å². The lowest BCUT2D eigenvalue weighted by Gasteiger charge is -2.28. The Balaban J connectivity index is 2.06. The number of ketones is 1. The SMILES string of the molecule is COc1ccc(N/N=C(\C(C)=O)N2CCCCC2)cc1. The molecule has 108 valence electrons. The van der Waals surface area contributed by atoms with E-state index in [-0.39, 0.29) is 5.78 Å². The predicted molar refractivity (Wildman–Crippen MR) is 80.2 cm³/mol. The fraction of sp³-hybridized carbons (Fsp3) is 0.467. The van der Waals surface area contributed by atoms with Gasteiger partial charge in [0.05, 0.1) is 12.8 Å². The second kappa shape index (κ2) is 6.93. The maximum Gasteiger partial charge on any atom is 0.196 e. The van der Waals surface area contributed by atoms with Gasteiger partial charge in [-0.05, 0) is 43.5 Å². The molecule has 0 spiro atoms. The third-order valence-electron chi connectivity index (χ3n) is 3.35. The average molecular weight is 275 g/mol. The van der Waals surface area contributed by atoms with Gasteiger partial charge in [0.1, 0.15) is 5.75 Å². The first-order valence-corrected chi connectivity index (χ1v) is 6.94. The zero-order chi connectivity index (χ0) is 14.4. The van der Waals surface area contributed by atoms with Gasteiger partial charge >= 0.3 is 0 Å². The van der Waals surface area contributed by atoms with Gasteiger partial charge in [0.2, 0.25) is 0 Å². The summed E-state index contributed by atoms with van der Waals surface area (Å²) in [6, 6.07) is 7.45. The summed E-state index contributed by atoms with van der Waals surface area (Å²) in [5.74, 6) is 1.30. The summed E-state index contributed by atoms with van der Waals surface area (Å²) in [6.07, 6.45) is 3.47. The van der Waals surface area contributed by atoms with E-state index in [1.165, 1.54) is 6.42 Å². The third-order valence-corrected chi connectivity index (χ3v) is 3.35. The van der Waals surface area contributed by atoms with Gasteiger partial charge in [-0.25, -0.2) is 0 Å². The molecule has 1 fully saturated rings. The van der Waals surface area contributed by atoms with Gasteiger partial charge in [0.15, 0.2) is 11.6 Å². The number of anilines is 1. The number of hydrogen-bond acceptors (Lipinski definition) is 4. The minimum Gasteiger partial charge on any atom is -0.497 e. The van der Waals surface area contributed by atoms with Crippen LogP contribution >= 0.6 is 0 Å². The smallest absolute Gasteiger partial charge is 0.196 e. The van der Waals surface area contributed by atoms with E-state index in [2.05, 4.69) is 15.4 Å². The zero-order valence-electron chi connectivity index (χ0n) is 12.1. The number of likely N-dealkylation sites (tertiary alicyclic amines) is 1. The van der Waals surface area contributed by atoms with Crippen LogP contribution in [-0.4, -0.2) is 36.7 Å². The Morgan fingerprint density at radius 3 is 2.40 bits per heavy atom. The molecule has 5 nitrogen and oxygen atoms in total. The molecule has 2 rings (SSSR count). The number of hydrazone groups is 1. The van der Waals surface area contributed by atoms with Crippen LogP contribution in [-0.2, 0) is 4.79 Å². The van der Waals surface area contributed by atoms with Crippen LogP contribution in [0.2, 0.25) is 0 Å². The van der Waals surface area contributed by atoms with Crippen LogP contribution in [0.1, 0.15) is 26.2 Å². The van der Waals surface area contributed by atoms with Crippen molar-refractivity contribution in [3.8, 4) is 5.75 Å². The number of nitrogens with zero attached hydrogens (tertiary/aromatic N) is 2. The van der Waals surface area contributed by atoms with Crippen LogP contribution in [0.4, 0.5) is 5.69 Å². The lowest BCUT2D eigenvalue weighted by molar-refractivity contribution is -0.111. The summed E-state index contributed by atoms with van der Waals surface area (Å²) in [5.41, 5.74) is 3.78. The lowest BCUT2D eigenvalue weighted by Crippen LogP contribution is -2.39. The molecule has 0 atom stereocenters. The van der Waals surface area contributed by atoms with Crippen LogP contribution in [0.15, 0.2) is 29.4 Å². The highest BCUT2D eigenvalue weighted by atomic mass is 16.5. The molecular formula is C15H21N3O2. The molecule has 0 amide bonds. The molecule has 20 heavy (non-hydrogen) atoms. The molecule has 0 saturated carbocycles. The molecule has 0 unspecified atom stereocenters. The van der Waals surface area contributed by atoms with Crippen molar-refractivity contribution in [1.82, 2.24) is 4.90 Å². The number of ether oxygens (including phenoxy) is 1. The molecule has 0 aliphatic carbocycles. The van der Waals surface area contributed by atoms with Gasteiger partial charge in [0.25, 0.3) is 0 Å². The molecule has 1 N–H and O–H groups in total. The average Bonchev–Trinajstić information content (AvgIpc) is 2.49. The number of piperidine rings is 1. The van der Waals surface area contributed by atoms with E-state index in [4.69, 9.17) is 4.74 Å². The molecule has 1 aliphatic rings. The molecule has 1 aromatic rings. The standard InChI is InChI=1S/C15H21N3O2/c1-12(19)15(18-10-4-3-5-11-18)17-16-13-6-8-14(20-2)9-7-13/h6-9,16H,3-5,10-11H2,1-2H3/b17-15+. The quantitative estimate of drug-likeness (QED) is 0.521. The van der Waals surface area contributed by atoms with Gasteiger partial charge in [0, 0.05) is 20.0 Å². The number of carbonyl (C=O) groups is 1. The van der Waals surface area contributed by atoms with Crippen molar-refractivity contribution in [2.24, 2.45) is 5.10 Å². The van der Waals surface area contributed by atoms with E-state index in [9.17, 15) is 4.79 Å². The second-order valence-corrected chi connectivity index (χ2v) is 4.88. The van der Waals surface area contributed by atoms with Crippen molar-refractivity contribution in [3.05, 3.63) is 24.3 Å². The number of carbonyl (C=O) groups excluding carboxylic acids is 1. The predicted octanol–water partition coefficient (Wildman–Crippen LogP) is 2.50. The number of Topliss-reactive ketones (excluding diaryl/α,β-unsaturated/α-hetero) is 1. The Kier molecular flexibility index (Phi) is 4.98. The molecule has 5 heteroatoms. The molecule has 1 saturated heterocycles. The summed E-state index contributed by atoms with van der Waals surface area (Å²) < 4.78 is 5.10. The van der Waals surface area contributed by atoms with E-state index >= 15 is 0 Å². The van der Waals surface area contributed by atoms with Crippen molar-refractivity contribution < 1.29 is 9.53 Å². The van der Waals surface area contributed by atoms with Crippen LogP contribution in [0.25, 0.3) is 0 Å². The van der Waals surface area contributed by atoms with Crippen LogP contribution in [0.5, 0.6) is 5.75 Å². The van der Waals surface area contributed by atoms with Gasteiger partial charge in [-0.15, -0.1) is 0 Å². The highest BCUT2D eigenvalue weighted by Gasteiger charge is 2.18. The summed E-state index contributed by atoms with van der Waals surface area (Å²) >= 11 is 0. The number of amidine groups is 1. The van der Waals surface area contributed by atoms with E-state index in [0.29, 0.717) is 5.84 Å². The monoisotopic (exact) mass is 275 g/mol. The first kappa shape index (κ1) is 14.4. The van der Waals surface area contributed by atoms with Crippen molar-refractivity contribution in [2.75, 3.05) is 25.6 Å². The molecule has 0 radical (unpaired) electrons. The fourth-order valence-electron chi connectivity index (χ4n) is 2.26. The number of methoxy groups -OCH3 is 1. The van der Waals surface area contributed by atoms with E-state index in [0.717, 1.165) is 37.4 Å². The Hall–Kier alpha value is -2.04. The van der Waals surface area contributed by atoms with Crippen LogP contribution < -0.4 is 10.2 Å². The summed E-state index contributed by atoms with van der Waals surface area (Å²) in [5, 5.41) is 4.27. The van der Waals surface area contributed by atoms with Crippen LogP contribution in [0, 0.1) is 0 Å². The molecule has 1 aliphatic heterocycles. The maximum atomic E-state index is 11.7. The van der Waals surface area contributed by atoms with Gasteiger partial charge in [-0.3, -0.25) is 10.2 Å². The third kappa shape index (κ3) is 3.73. The second-order valence-electron chi connectivity index (χ2n) is 4.88. The first-order chi connectivity index (χ1) is 9.70. The van der Waals surface area contributed by atoms with Gasteiger partial charge in [-0.2, -0.15) is 5.10 Å². The summed E-state index contributed by atoms with van der Waals surface area (Å²) in [6.45, 7) is 3.37. The largest absolute Gasteiger partial charge is 0.497 e. The fourth-order valence-corrected chi connectivity index (χ4v) is 2.26. The highest BCUT2D eigenvalue weighted by Crippen LogP contribution is 2.15. The van der Waals surface area contributed by atoms with E-state index in [1.807, 2.05) is 24.3 Å². The number of rotatable bonds is 4. The Bertz CT molecular complexity index is 476. The van der Waals surface area contributed by atoms with Crippen molar-refractivity contribution >= 4 is 17.3 Å². The lowest BCUT2D eigenvalue weighted by atomic mass is 10.1. The minimum absolute atomic E-state index is 0.00656. The minimum atomic E-state index is -0.00656. The normalized spacial score (nSPS) is 15.9. The van der Waals surface area contributed by atoms with E-state index in [1.54, 1.807) is 14.0 Å². The van der Waals surface area contributed by atoms with Gasteiger partial charge < -0.3 is 9.64 Å². The summed E-state index contributed by atoms with van der Waals surface area (Å²) in [7, 11) is 1.63. The number of nitrogens with one attached hydrogen (secondary N) is 1. The molecule has 0 bridgehead atoms. The molecule has 1 aromatic carbocycles. The maximum absolute atomic E-state index is 11.7. The van der Waals surface area contributed by atoms with Crippen LogP contribution in [0.3, 0.4) is 0 Å². The highest BCUT2D eigenvalue weighted by molar-refractivity contribution is 6.37. The molecular weight excluding hydrogens is 254 g/mol.